The molecule has 0 bridgehead atoms. The van der Waals surface area contributed by atoms with Crippen LogP contribution in [0.15, 0.2) is 24.4 Å². The van der Waals surface area contributed by atoms with E-state index in [9.17, 15) is 4.79 Å². The van der Waals surface area contributed by atoms with Gasteiger partial charge in [0.2, 0.25) is 5.91 Å². The summed E-state index contributed by atoms with van der Waals surface area (Å²) in [6.07, 6.45) is 5.42. The molecule has 1 aromatic heterocycles. The second-order valence-electron chi connectivity index (χ2n) is 4.88. The minimum atomic E-state index is 0.280. The van der Waals surface area contributed by atoms with Gasteiger partial charge in [-0.25, -0.2) is 0 Å². The van der Waals surface area contributed by atoms with Gasteiger partial charge in [0.05, 0.1) is 0 Å². The van der Waals surface area contributed by atoms with Crippen molar-refractivity contribution in [2.75, 3.05) is 13.1 Å². The number of hydrogen-bond donors (Lipinski definition) is 0. The summed E-state index contributed by atoms with van der Waals surface area (Å²) in [4.78, 5) is 18.2. The van der Waals surface area contributed by atoms with Gasteiger partial charge in [-0.1, -0.05) is 13.0 Å². The fraction of sp³-hybridized carbons (Fsp3) is 0.571. The number of carbonyl (C=O) groups is 1. The topological polar surface area (TPSA) is 33.2 Å². The molecule has 1 fully saturated rings. The van der Waals surface area contributed by atoms with Gasteiger partial charge in [-0.05, 0) is 37.3 Å². The van der Waals surface area contributed by atoms with Gasteiger partial charge >= 0.3 is 0 Å². The fourth-order valence-electron chi connectivity index (χ4n) is 2.20. The van der Waals surface area contributed by atoms with Gasteiger partial charge in [0.1, 0.15) is 0 Å². The molecule has 0 unspecified atom stereocenters. The molecule has 0 aliphatic carbocycles. The second-order valence-corrected chi connectivity index (χ2v) is 4.88. The molecular formula is C14H20N2O. The molecule has 3 nitrogen and oxygen atoms in total. The minimum Gasteiger partial charge on any atom is -0.343 e. The second kappa shape index (κ2) is 5.80. The van der Waals surface area contributed by atoms with E-state index in [2.05, 4.69) is 11.9 Å². The third-order valence-corrected chi connectivity index (χ3v) is 3.46. The third-order valence-electron chi connectivity index (χ3n) is 3.46. The van der Waals surface area contributed by atoms with E-state index in [0.717, 1.165) is 44.0 Å². The molecule has 1 saturated heterocycles. The lowest BCUT2D eigenvalue weighted by Crippen LogP contribution is -2.38. The predicted octanol–water partition coefficient (Wildman–Crippen LogP) is 2.27. The molecule has 92 valence electrons. The number of likely N-dealkylation sites (tertiary alicyclic amines) is 1. The molecule has 0 spiro atoms. The quantitative estimate of drug-likeness (QED) is 0.801. The molecular weight excluding hydrogens is 212 g/mol. The summed E-state index contributed by atoms with van der Waals surface area (Å²) in [6.45, 7) is 4.13. The number of carbonyl (C=O) groups excluding carboxylic acids is 1. The minimum absolute atomic E-state index is 0.280. The van der Waals surface area contributed by atoms with Crippen LogP contribution in [0.3, 0.4) is 0 Å². The Labute approximate surface area is 103 Å². The molecule has 1 amide bonds. The van der Waals surface area contributed by atoms with Crippen LogP contribution in [0.1, 0.15) is 31.9 Å². The first-order valence-corrected chi connectivity index (χ1v) is 6.43. The number of pyridine rings is 1. The number of amides is 1. The SMILES string of the molecule is CC1CCN(C(=O)CCc2ccccn2)CC1. The molecule has 17 heavy (non-hydrogen) atoms. The molecule has 0 atom stereocenters. The maximum Gasteiger partial charge on any atom is 0.222 e. The lowest BCUT2D eigenvalue weighted by molar-refractivity contribution is -0.132. The molecule has 2 heterocycles. The first kappa shape index (κ1) is 12.1. The molecule has 0 radical (unpaired) electrons. The van der Waals surface area contributed by atoms with Crippen LogP contribution in [0.5, 0.6) is 0 Å². The molecule has 0 N–H and O–H groups in total. The van der Waals surface area contributed by atoms with Gasteiger partial charge < -0.3 is 4.90 Å². The Morgan fingerprint density at radius 3 is 2.82 bits per heavy atom. The summed E-state index contributed by atoms with van der Waals surface area (Å²) in [5.74, 6) is 1.05. The molecule has 2 rings (SSSR count). The first-order chi connectivity index (χ1) is 8.25. The zero-order valence-electron chi connectivity index (χ0n) is 10.4. The van der Waals surface area contributed by atoms with Gasteiger partial charge in [-0.3, -0.25) is 9.78 Å². The normalized spacial score (nSPS) is 17.1. The largest absolute Gasteiger partial charge is 0.343 e. The molecule has 1 aliphatic rings. The summed E-state index contributed by atoms with van der Waals surface area (Å²) in [7, 11) is 0. The number of hydrogen-bond acceptors (Lipinski definition) is 2. The summed E-state index contributed by atoms with van der Waals surface area (Å²) < 4.78 is 0. The van der Waals surface area contributed by atoms with E-state index >= 15 is 0 Å². The number of rotatable bonds is 3. The Hall–Kier alpha value is -1.38. The monoisotopic (exact) mass is 232 g/mol. The number of piperidine rings is 1. The maximum atomic E-state index is 12.0. The lowest BCUT2D eigenvalue weighted by atomic mass is 9.99. The van der Waals surface area contributed by atoms with Crippen LogP contribution in [-0.4, -0.2) is 28.9 Å². The summed E-state index contributed by atoms with van der Waals surface area (Å²) in [6, 6.07) is 5.85. The van der Waals surface area contributed by atoms with Crippen molar-refractivity contribution in [2.24, 2.45) is 5.92 Å². The van der Waals surface area contributed by atoms with Crippen molar-refractivity contribution in [3.63, 3.8) is 0 Å². The maximum absolute atomic E-state index is 12.0. The smallest absolute Gasteiger partial charge is 0.222 e. The van der Waals surface area contributed by atoms with E-state index in [4.69, 9.17) is 0 Å². The van der Waals surface area contributed by atoms with E-state index in [0.29, 0.717) is 6.42 Å². The molecule has 0 saturated carbocycles. The van der Waals surface area contributed by atoms with Gasteiger partial charge in [0.25, 0.3) is 0 Å². The van der Waals surface area contributed by atoms with E-state index in [1.807, 2.05) is 23.1 Å². The average Bonchev–Trinajstić information content (AvgIpc) is 2.38. The van der Waals surface area contributed by atoms with Gasteiger partial charge in [-0.15, -0.1) is 0 Å². The zero-order chi connectivity index (χ0) is 12.1. The summed E-state index contributed by atoms with van der Waals surface area (Å²) >= 11 is 0. The molecule has 3 heteroatoms. The highest BCUT2D eigenvalue weighted by molar-refractivity contribution is 5.76. The van der Waals surface area contributed by atoms with Gasteiger partial charge in [-0.2, -0.15) is 0 Å². The van der Waals surface area contributed by atoms with Crippen LogP contribution in [0.25, 0.3) is 0 Å². The Balaban J connectivity index is 1.78. The summed E-state index contributed by atoms with van der Waals surface area (Å²) in [5, 5.41) is 0. The van der Waals surface area contributed by atoms with Gasteiger partial charge in [0, 0.05) is 31.4 Å². The van der Waals surface area contributed by atoms with Crippen LogP contribution in [0.2, 0.25) is 0 Å². The number of aromatic nitrogens is 1. The van der Waals surface area contributed by atoms with E-state index in [1.165, 1.54) is 0 Å². The highest BCUT2D eigenvalue weighted by atomic mass is 16.2. The Morgan fingerprint density at radius 1 is 1.41 bits per heavy atom. The van der Waals surface area contributed by atoms with Crippen molar-refractivity contribution in [1.29, 1.82) is 0 Å². The lowest BCUT2D eigenvalue weighted by Gasteiger charge is -2.30. The van der Waals surface area contributed by atoms with Crippen LogP contribution < -0.4 is 0 Å². The van der Waals surface area contributed by atoms with Crippen molar-refractivity contribution in [2.45, 2.75) is 32.6 Å². The van der Waals surface area contributed by atoms with Crippen molar-refractivity contribution in [3.05, 3.63) is 30.1 Å². The highest BCUT2D eigenvalue weighted by Crippen LogP contribution is 2.16. The van der Waals surface area contributed by atoms with Crippen molar-refractivity contribution < 1.29 is 4.79 Å². The third kappa shape index (κ3) is 3.55. The summed E-state index contributed by atoms with van der Waals surface area (Å²) in [5.41, 5.74) is 1.01. The first-order valence-electron chi connectivity index (χ1n) is 6.43. The van der Waals surface area contributed by atoms with Crippen molar-refractivity contribution in [3.8, 4) is 0 Å². The standard InChI is InChI=1S/C14H20N2O/c1-12-7-10-16(11-8-12)14(17)6-5-13-4-2-3-9-15-13/h2-4,9,12H,5-8,10-11H2,1H3. The predicted molar refractivity (Wildman–Crippen MR) is 67.5 cm³/mol. The van der Waals surface area contributed by atoms with E-state index in [1.54, 1.807) is 6.20 Å². The zero-order valence-corrected chi connectivity index (χ0v) is 10.4. The fourth-order valence-corrected chi connectivity index (χ4v) is 2.20. The van der Waals surface area contributed by atoms with E-state index in [-0.39, 0.29) is 5.91 Å². The van der Waals surface area contributed by atoms with Crippen molar-refractivity contribution in [1.82, 2.24) is 9.88 Å². The average molecular weight is 232 g/mol. The van der Waals surface area contributed by atoms with Crippen LogP contribution in [-0.2, 0) is 11.2 Å². The van der Waals surface area contributed by atoms with Crippen molar-refractivity contribution >= 4 is 5.91 Å². The van der Waals surface area contributed by atoms with Crippen LogP contribution in [0, 0.1) is 5.92 Å². The Bertz CT molecular complexity index is 356. The molecule has 0 aromatic carbocycles. The number of nitrogens with zero attached hydrogens (tertiary/aromatic N) is 2. The van der Waals surface area contributed by atoms with E-state index < -0.39 is 0 Å². The van der Waals surface area contributed by atoms with Crippen LogP contribution >= 0.6 is 0 Å². The number of aryl methyl sites for hydroxylation is 1. The Kier molecular flexibility index (Phi) is 4.13. The molecule has 1 aromatic rings. The molecule has 1 aliphatic heterocycles. The Morgan fingerprint density at radius 2 is 2.18 bits per heavy atom. The van der Waals surface area contributed by atoms with Crippen LogP contribution in [0.4, 0.5) is 0 Å². The van der Waals surface area contributed by atoms with Gasteiger partial charge in [0.15, 0.2) is 0 Å². The highest BCUT2D eigenvalue weighted by Gasteiger charge is 2.19.